The predicted octanol–water partition coefficient (Wildman–Crippen LogP) is 21.6. The lowest BCUT2D eigenvalue weighted by Crippen LogP contribution is -2.38. The van der Waals surface area contributed by atoms with Crippen molar-refractivity contribution in [2.24, 2.45) is 125 Å². The van der Waals surface area contributed by atoms with Crippen molar-refractivity contribution in [3.63, 3.8) is 0 Å². The third kappa shape index (κ3) is 110. The van der Waals surface area contributed by atoms with Gasteiger partial charge in [-0.1, -0.05) is 319 Å². The Morgan fingerprint density at radius 2 is 0.768 bits per heavy atom. The van der Waals surface area contributed by atoms with Crippen molar-refractivity contribution >= 4 is 29.2 Å². The summed E-state index contributed by atoms with van der Waals surface area (Å²) in [5, 5.41) is 92.8. The number of nitrogens with two attached hydrogens (primary N) is 4. The molecule has 1 aliphatic heterocycles. The van der Waals surface area contributed by atoms with Crippen molar-refractivity contribution in [1.29, 1.82) is 0 Å². The Morgan fingerprint density at radius 1 is 0.437 bits per heavy atom. The van der Waals surface area contributed by atoms with Crippen molar-refractivity contribution in [1.82, 2.24) is 102 Å². The number of carbonyl (C=O) groups excluding carboxylic acids is 2. The molecule has 0 aromatic carbocycles. The lowest BCUT2D eigenvalue weighted by Gasteiger charge is -2.18. The van der Waals surface area contributed by atoms with Gasteiger partial charge in [0.05, 0.1) is 29.2 Å². The van der Waals surface area contributed by atoms with E-state index in [2.05, 4.69) is 266 Å². The number of tetrazole rings is 3. The molecule has 37 nitrogen and oxygen atoms in total. The third-order valence-corrected chi connectivity index (χ3v) is 16.6. The standard InChI is InChI=1S/2C9H16N2.C8H18O.C8H16O.2C7H16N2.C7H17NO.C7H15NO.C5H9N3.2C5H5NO.3C4H8N4.C4H11NO.C4H9NO.2C4H10/c2*1-6(2)8-5-10-9(11-8)7(3)4;2*1-6(2)5-8(9)7(3)4;2*1-5(2)7(8)9-6(3)4;2*1-5(2)7(9)8-6(3)4;1-4(2)5-3-6-8-7-5;2*7-5-3-1-2-4-6-5;3*1-3(2)4-5-7-8-6-4;2*1-3(2)4(5)6;2*1-4(2)3/h2*5-7H,1-4H3,(H,10,11);6-9H,5H2,1-4H3;5-7,9H,1-4H3;2*5-6H,1-4H3,(H2,8,9);5-9H,1-4H3;5-6H,1-4H3,(H,8,9);4H,3H2,1-2H3;2*1-4H,(H,6,7);3*3H,1-2H3,(H,5,6,7,8);3-4,6H,5H2,1-2H3;3H,1-2H3,(H2,5,6);2*4H,1-3H3/b;;;8-5-;;;;;;;;;;;;;;. The fraction of sp³-hybridized carbons (Fsp3) is 0.752. The average molecular weight is 2010 g/mol. The van der Waals surface area contributed by atoms with Gasteiger partial charge in [0.1, 0.15) is 30.6 Å². The molecule has 8 heterocycles. The van der Waals surface area contributed by atoms with Crippen LogP contribution in [0.15, 0.2) is 108 Å². The average Bonchev–Trinajstić information content (AvgIpc) is 1.75. The Balaban J connectivity index is -0.000000163. The van der Waals surface area contributed by atoms with E-state index in [1.807, 2.05) is 212 Å². The largest absolute Gasteiger partial charge is 0.512 e. The summed E-state index contributed by atoms with van der Waals surface area (Å²) in [6, 6.07) is 11.1. The number of aromatic nitrogens is 18. The summed E-state index contributed by atoms with van der Waals surface area (Å²) in [5.74, 6) is 14.9. The summed E-state index contributed by atoms with van der Waals surface area (Å²) in [6.45, 7) is 103. The zero-order chi connectivity index (χ0) is 113. The fourth-order valence-corrected chi connectivity index (χ4v) is 7.56. The molecule has 0 spiro atoms. The molecule has 7 aromatic rings. The number of primary amides is 1. The van der Waals surface area contributed by atoms with Crippen LogP contribution in [-0.2, 0) is 9.59 Å². The van der Waals surface area contributed by atoms with Crippen LogP contribution in [0.4, 0.5) is 0 Å². The van der Waals surface area contributed by atoms with Gasteiger partial charge in [0, 0.05) is 132 Å². The summed E-state index contributed by atoms with van der Waals surface area (Å²) < 4.78 is 0. The first kappa shape index (κ1) is 152. The molecule has 0 saturated heterocycles. The van der Waals surface area contributed by atoms with Crippen LogP contribution in [0.25, 0.3) is 0 Å². The molecule has 37 heteroatoms. The fourth-order valence-electron chi connectivity index (χ4n) is 7.56. The van der Waals surface area contributed by atoms with Gasteiger partial charge in [-0.25, -0.2) is 9.97 Å². The minimum atomic E-state index is -0.648. The minimum absolute atomic E-state index is 0.00926. The molecule has 7 aromatic heterocycles. The van der Waals surface area contributed by atoms with E-state index in [9.17, 15) is 29.4 Å². The number of hydrogen-bond donors (Lipinski definition) is 17. The number of aliphatic hydroxyl groups is 4. The van der Waals surface area contributed by atoms with Gasteiger partial charge in [-0.05, 0) is 144 Å². The molecule has 0 radical (unpaired) electrons. The van der Waals surface area contributed by atoms with Crippen LogP contribution in [0.3, 0.4) is 0 Å². The summed E-state index contributed by atoms with van der Waals surface area (Å²) in [7, 11) is 0. The molecule has 21 N–H and O–H groups in total. The molecule has 0 saturated carbocycles. The molecule has 1 aliphatic rings. The van der Waals surface area contributed by atoms with E-state index in [1.165, 1.54) is 23.5 Å². The van der Waals surface area contributed by atoms with Gasteiger partial charge in [0.25, 0.3) is 0 Å². The van der Waals surface area contributed by atoms with Crippen molar-refractivity contribution in [2.45, 2.75) is 437 Å². The van der Waals surface area contributed by atoms with Crippen LogP contribution in [-0.4, -0.2) is 191 Å². The Hall–Kier alpha value is -9.98. The van der Waals surface area contributed by atoms with Crippen LogP contribution >= 0.6 is 0 Å². The molecule has 0 fully saturated rings. The number of allylic oxidation sites excluding steroid dienone is 2. The predicted molar refractivity (Wildman–Crippen MR) is 596 cm³/mol. The van der Waals surface area contributed by atoms with Crippen molar-refractivity contribution < 1.29 is 30.0 Å². The van der Waals surface area contributed by atoms with E-state index in [-0.39, 0.29) is 65.0 Å². The number of H-pyrrole nitrogens is 7. The molecule has 2 amide bonds. The van der Waals surface area contributed by atoms with Crippen molar-refractivity contribution in [3.8, 4) is 0 Å². The van der Waals surface area contributed by atoms with E-state index in [0.29, 0.717) is 113 Å². The number of carbonyl (C=O) groups is 2. The molecular formula is C105H213N29O8. The van der Waals surface area contributed by atoms with Gasteiger partial charge in [-0.3, -0.25) is 34.5 Å². The molecule has 142 heavy (non-hydrogen) atoms. The second-order valence-electron chi connectivity index (χ2n) is 42.0. The Labute approximate surface area is 860 Å². The van der Waals surface area contributed by atoms with Gasteiger partial charge in [0.2, 0.25) is 22.9 Å². The smallest absolute Gasteiger partial charge is 0.247 e. The number of amidine groups is 2. The maximum absolute atomic E-state index is 10.8. The molecule has 826 valence electrons. The van der Waals surface area contributed by atoms with E-state index in [1.54, 1.807) is 50.5 Å². The van der Waals surface area contributed by atoms with Crippen LogP contribution in [0, 0.1) is 76.9 Å². The molecule has 0 aliphatic carbocycles. The molecule has 3 unspecified atom stereocenters. The number of aliphatic hydroxyl groups excluding tert-OH is 4. The van der Waals surface area contributed by atoms with Gasteiger partial charge < -0.3 is 68.6 Å². The number of amides is 2. The molecular weight excluding hydrogens is 1800 g/mol. The normalized spacial score (nSPS) is 12.0. The first-order valence-electron chi connectivity index (χ1n) is 50.9. The number of nitrogens with zero attached hydrogens (tertiary/aromatic N) is 16. The molecule has 0 bridgehead atoms. The quantitative estimate of drug-likeness (QED) is 0.0116. The number of rotatable bonds is 24. The lowest BCUT2D eigenvalue weighted by atomic mass is 9.98. The summed E-state index contributed by atoms with van der Waals surface area (Å²) in [5.41, 5.74) is 24.4. The lowest BCUT2D eigenvalue weighted by molar-refractivity contribution is -0.124. The van der Waals surface area contributed by atoms with Crippen LogP contribution in [0.5, 0.6) is 0 Å². The number of nitrogens with one attached hydrogen (secondary N) is 9. The highest BCUT2D eigenvalue weighted by atomic mass is 16.3. The SMILES string of the molecule is CC(C)/C=C(\O)C(C)C.CC(C)C.CC(C)C.CC(C)C(N)=O.CC(C)C(N)O.CC(C)C1=NN=NC1.CC(C)CC(O)C(C)C.CC(C)N=C(N)C(C)C.CC(C)N=C(N)C(C)C.CC(C)NC(=O)C(C)C.CC(C)NC(O)C(C)C.CC(C)c1cnc(C(C)C)[nH]1.CC(C)c1cnc(C(C)C)[nH]1.CC(C)c1nn[nH]n1.CC(C)c1nn[nH]n1.CC(C)c1nn[nH]n1.O=c1cccc[nH]1.O=c1cccc[nH]1. The number of hydrogen-bond acceptors (Lipinski definition) is 26. The van der Waals surface area contributed by atoms with Crippen molar-refractivity contribution in [2.75, 3.05) is 6.54 Å². The Kier molecular flexibility index (Phi) is 100. The van der Waals surface area contributed by atoms with E-state index in [0.717, 1.165) is 64.8 Å². The van der Waals surface area contributed by atoms with Crippen LogP contribution < -0.4 is 44.7 Å². The second-order valence-corrected chi connectivity index (χ2v) is 42.0. The highest BCUT2D eigenvalue weighted by molar-refractivity contribution is 5.88. The summed E-state index contributed by atoms with van der Waals surface area (Å²) >= 11 is 0. The third-order valence-electron chi connectivity index (χ3n) is 16.6. The highest BCUT2D eigenvalue weighted by Crippen LogP contribution is 2.18. The molecule has 8 rings (SSSR count). The van der Waals surface area contributed by atoms with Gasteiger partial charge in [-0.15, -0.1) is 35.7 Å². The van der Waals surface area contributed by atoms with Crippen LogP contribution in [0.2, 0.25) is 0 Å². The second kappa shape index (κ2) is 93.4. The maximum atomic E-state index is 10.8. The number of aromatic amines is 7. The van der Waals surface area contributed by atoms with Crippen molar-refractivity contribution in [3.05, 3.63) is 134 Å². The number of pyridine rings is 2. The van der Waals surface area contributed by atoms with E-state index >= 15 is 0 Å². The number of imidazole rings is 2. The summed E-state index contributed by atoms with van der Waals surface area (Å²) in [4.78, 5) is 69.6. The zero-order valence-corrected chi connectivity index (χ0v) is 98.2. The summed E-state index contributed by atoms with van der Waals surface area (Å²) in [6.07, 6.45) is 8.76. The molecule has 3 atom stereocenters. The Bertz CT molecular complexity index is 3830. The Morgan fingerprint density at radius 3 is 0.866 bits per heavy atom. The van der Waals surface area contributed by atoms with Crippen LogP contribution in [0.1, 0.15) is 435 Å². The maximum Gasteiger partial charge on any atom is 0.247 e. The monoisotopic (exact) mass is 2010 g/mol. The first-order chi connectivity index (χ1) is 65.2. The highest BCUT2D eigenvalue weighted by Gasteiger charge is 2.14. The zero-order valence-electron chi connectivity index (χ0n) is 98.2. The van der Waals surface area contributed by atoms with Gasteiger partial charge >= 0.3 is 0 Å². The number of aliphatic imine (C=N–C) groups is 2. The van der Waals surface area contributed by atoms with E-state index in [4.69, 9.17) is 33.1 Å². The van der Waals surface area contributed by atoms with Gasteiger partial charge in [-0.2, -0.15) is 20.8 Å². The minimum Gasteiger partial charge on any atom is -0.512 e. The topological polar surface area (TPSA) is 591 Å². The first-order valence-corrected chi connectivity index (χ1v) is 50.9. The van der Waals surface area contributed by atoms with Gasteiger partial charge in [0.15, 0.2) is 17.5 Å². The van der Waals surface area contributed by atoms with E-state index < -0.39 is 6.23 Å².